The van der Waals surface area contributed by atoms with Crippen molar-refractivity contribution in [1.82, 2.24) is 15.2 Å². The molecule has 0 saturated carbocycles. The van der Waals surface area contributed by atoms with Crippen molar-refractivity contribution >= 4 is 28.2 Å². The molecule has 164 valence electrons. The molecule has 5 nitrogen and oxygen atoms in total. The predicted octanol–water partition coefficient (Wildman–Crippen LogP) is 5.32. The topological polar surface area (TPSA) is 61.3 Å². The van der Waals surface area contributed by atoms with Gasteiger partial charge in [-0.3, -0.25) is 4.79 Å². The molecule has 0 saturated heterocycles. The van der Waals surface area contributed by atoms with Crippen LogP contribution in [0.5, 0.6) is 0 Å². The third-order valence-corrected chi connectivity index (χ3v) is 5.98. The minimum atomic E-state index is -0.106. The fourth-order valence-electron chi connectivity index (χ4n) is 3.74. The van der Waals surface area contributed by atoms with Gasteiger partial charge in [0, 0.05) is 11.1 Å². The van der Waals surface area contributed by atoms with Crippen molar-refractivity contribution in [2.24, 2.45) is 0 Å². The number of hydrogen-bond acceptors (Lipinski definition) is 3. The van der Waals surface area contributed by atoms with Crippen LogP contribution in [0.25, 0.3) is 10.9 Å². The molecular formula is C26H27N3O2S. The van der Waals surface area contributed by atoms with Crippen LogP contribution in [0, 0.1) is 0 Å². The molecule has 0 unspecified atom stereocenters. The summed E-state index contributed by atoms with van der Waals surface area (Å²) in [6.45, 7) is 5.03. The molecule has 0 aliphatic rings. The molecule has 2 aromatic heterocycles. The number of nitrogens with one attached hydrogen (secondary N) is 2. The average molecular weight is 446 g/mol. The number of hydrogen-bond donors (Lipinski definition) is 2. The molecular weight excluding hydrogens is 418 g/mol. The molecule has 0 bridgehead atoms. The SMILES string of the molecule is CCc1ccc2[nH]c(=O)c(CN(Cc3ccco3)C(=S)N[C@@H](C)c3ccccc3)cc2c1. The number of aromatic nitrogens is 1. The van der Waals surface area contributed by atoms with Crippen LogP contribution in [0.3, 0.4) is 0 Å². The first-order chi connectivity index (χ1) is 15.5. The number of H-pyrrole nitrogens is 1. The van der Waals surface area contributed by atoms with Gasteiger partial charge in [-0.25, -0.2) is 0 Å². The number of rotatable bonds is 7. The van der Waals surface area contributed by atoms with Crippen LogP contribution < -0.4 is 10.9 Å². The lowest BCUT2D eigenvalue weighted by Gasteiger charge is -2.27. The van der Waals surface area contributed by atoms with Crippen LogP contribution in [-0.2, 0) is 19.5 Å². The molecule has 1 atom stereocenters. The number of pyridine rings is 1. The first-order valence-corrected chi connectivity index (χ1v) is 11.2. The Morgan fingerprint density at radius 1 is 1.09 bits per heavy atom. The predicted molar refractivity (Wildman–Crippen MR) is 132 cm³/mol. The number of benzene rings is 2. The van der Waals surface area contributed by atoms with Crippen molar-refractivity contribution in [2.75, 3.05) is 0 Å². The Hall–Kier alpha value is -3.38. The molecule has 0 amide bonds. The molecule has 0 spiro atoms. The molecule has 0 radical (unpaired) electrons. The van der Waals surface area contributed by atoms with Crippen molar-refractivity contribution in [1.29, 1.82) is 0 Å². The quantitative estimate of drug-likeness (QED) is 0.377. The second-order valence-electron chi connectivity index (χ2n) is 7.92. The minimum absolute atomic E-state index is 0.0322. The van der Waals surface area contributed by atoms with E-state index in [1.54, 1.807) is 6.26 Å². The van der Waals surface area contributed by atoms with Crippen LogP contribution in [0.2, 0.25) is 0 Å². The standard InChI is InChI=1S/C26H27N3O2S/c1-3-19-11-12-24-21(14-19)15-22(25(30)28-24)16-29(17-23-10-7-13-31-23)26(32)27-18(2)20-8-5-4-6-9-20/h4-15,18H,3,16-17H2,1-2H3,(H,27,32)(H,28,30)/t18-/m0/s1. The van der Waals surface area contributed by atoms with Crippen LogP contribution in [0.1, 0.15) is 42.3 Å². The zero-order chi connectivity index (χ0) is 22.5. The smallest absolute Gasteiger partial charge is 0.253 e. The van der Waals surface area contributed by atoms with Gasteiger partial charge >= 0.3 is 0 Å². The highest BCUT2D eigenvalue weighted by molar-refractivity contribution is 7.80. The van der Waals surface area contributed by atoms with E-state index in [9.17, 15) is 4.79 Å². The van der Waals surface area contributed by atoms with Crippen molar-refractivity contribution in [2.45, 2.75) is 39.4 Å². The molecule has 2 aromatic carbocycles. The minimum Gasteiger partial charge on any atom is -0.467 e. The fourth-order valence-corrected chi connectivity index (χ4v) is 4.04. The lowest BCUT2D eigenvalue weighted by atomic mass is 10.1. The van der Waals surface area contributed by atoms with Gasteiger partial charge in [-0.05, 0) is 72.4 Å². The maximum absolute atomic E-state index is 12.8. The summed E-state index contributed by atoms with van der Waals surface area (Å²) in [6.07, 6.45) is 2.59. The normalized spacial score (nSPS) is 11.9. The van der Waals surface area contributed by atoms with E-state index in [0.717, 1.165) is 28.6 Å². The highest BCUT2D eigenvalue weighted by Gasteiger charge is 2.17. The van der Waals surface area contributed by atoms with Crippen molar-refractivity contribution in [3.8, 4) is 0 Å². The van der Waals surface area contributed by atoms with Crippen molar-refractivity contribution < 1.29 is 4.42 Å². The zero-order valence-corrected chi connectivity index (χ0v) is 19.1. The van der Waals surface area contributed by atoms with Crippen molar-refractivity contribution in [3.63, 3.8) is 0 Å². The summed E-state index contributed by atoms with van der Waals surface area (Å²) in [4.78, 5) is 17.8. The summed E-state index contributed by atoms with van der Waals surface area (Å²) >= 11 is 5.76. The molecule has 0 fully saturated rings. The number of aromatic amines is 1. The van der Waals surface area contributed by atoms with Gasteiger partial charge < -0.3 is 19.6 Å². The van der Waals surface area contributed by atoms with Gasteiger partial charge in [0.05, 0.1) is 25.4 Å². The van der Waals surface area contributed by atoms with E-state index in [1.165, 1.54) is 5.56 Å². The Morgan fingerprint density at radius 3 is 2.62 bits per heavy atom. The molecule has 0 aliphatic heterocycles. The van der Waals surface area contributed by atoms with Crippen LogP contribution in [0.15, 0.2) is 82.2 Å². The Bertz CT molecular complexity index is 1250. The number of fused-ring (bicyclic) bond motifs is 1. The number of nitrogens with zero attached hydrogens (tertiary/aromatic N) is 1. The molecule has 6 heteroatoms. The van der Waals surface area contributed by atoms with Crippen molar-refractivity contribution in [3.05, 3.63) is 106 Å². The maximum Gasteiger partial charge on any atom is 0.253 e. The molecule has 0 aliphatic carbocycles. The zero-order valence-electron chi connectivity index (χ0n) is 18.3. The van der Waals surface area contributed by atoms with Gasteiger partial charge in [0.25, 0.3) is 5.56 Å². The van der Waals surface area contributed by atoms with Gasteiger partial charge in [0.15, 0.2) is 5.11 Å². The first kappa shape index (κ1) is 21.8. The molecule has 4 aromatic rings. The number of thiocarbonyl (C=S) groups is 1. The second-order valence-corrected chi connectivity index (χ2v) is 8.30. The van der Waals surface area contributed by atoms with E-state index in [2.05, 4.69) is 42.3 Å². The van der Waals surface area contributed by atoms with Gasteiger partial charge in [-0.2, -0.15) is 0 Å². The lowest BCUT2D eigenvalue weighted by molar-refractivity contribution is 0.347. The van der Waals surface area contributed by atoms with Gasteiger partial charge in [-0.1, -0.05) is 43.3 Å². The Balaban J connectivity index is 1.61. The molecule has 2 heterocycles. The van der Waals surface area contributed by atoms with Gasteiger partial charge in [0.2, 0.25) is 0 Å². The monoisotopic (exact) mass is 445 g/mol. The van der Waals surface area contributed by atoms with Crippen LogP contribution in [-0.4, -0.2) is 15.0 Å². The van der Waals surface area contributed by atoms with Gasteiger partial charge in [0.1, 0.15) is 5.76 Å². The summed E-state index contributed by atoms with van der Waals surface area (Å²) in [5, 5.41) is 5.00. The van der Waals surface area contributed by atoms with E-state index in [4.69, 9.17) is 16.6 Å². The first-order valence-electron chi connectivity index (χ1n) is 10.8. The summed E-state index contributed by atoms with van der Waals surface area (Å²) < 4.78 is 5.56. The Morgan fingerprint density at radius 2 is 1.91 bits per heavy atom. The largest absolute Gasteiger partial charge is 0.467 e. The number of aryl methyl sites for hydroxylation is 1. The van der Waals surface area contributed by atoms with E-state index >= 15 is 0 Å². The number of furan rings is 1. The van der Waals surface area contributed by atoms with Crippen LogP contribution >= 0.6 is 12.2 Å². The summed E-state index contributed by atoms with van der Waals surface area (Å²) in [6, 6.07) is 22.0. The summed E-state index contributed by atoms with van der Waals surface area (Å²) in [7, 11) is 0. The highest BCUT2D eigenvalue weighted by atomic mass is 32.1. The Kier molecular flexibility index (Phi) is 6.71. The average Bonchev–Trinajstić information content (AvgIpc) is 3.32. The van der Waals surface area contributed by atoms with E-state index in [1.807, 2.05) is 53.4 Å². The Labute approximate surface area is 193 Å². The second kappa shape index (κ2) is 9.83. The third-order valence-electron chi connectivity index (χ3n) is 5.61. The maximum atomic E-state index is 12.8. The molecule has 32 heavy (non-hydrogen) atoms. The van der Waals surface area contributed by atoms with E-state index in [-0.39, 0.29) is 11.6 Å². The van der Waals surface area contributed by atoms with Gasteiger partial charge in [-0.15, -0.1) is 0 Å². The fraction of sp³-hybridized carbons (Fsp3) is 0.231. The highest BCUT2D eigenvalue weighted by Crippen LogP contribution is 2.18. The molecule has 2 N–H and O–H groups in total. The van der Waals surface area contributed by atoms with E-state index < -0.39 is 0 Å². The lowest BCUT2D eigenvalue weighted by Crippen LogP contribution is -2.41. The van der Waals surface area contributed by atoms with Crippen LogP contribution in [0.4, 0.5) is 0 Å². The summed E-state index contributed by atoms with van der Waals surface area (Å²) in [5.74, 6) is 0.784. The van der Waals surface area contributed by atoms with E-state index in [0.29, 0.717) is 23.8 Å². The third kappa shape index (κ3) is 5.08. The molecule has 4 rings (SSSR count). The summed E-state index contributed by atoms with van der Waals surface area (Å²) in [5.41, 5.74) is 3.77.